The van der Waals surface area contributed by atoms with E-state index in [2.05, 4.69) is 24.0 Å². The first-order valence-electron chi connectivity index (χ1n) is 5.89. The molecule has 0 amide bonds. The van der Waals surface area contributed by atoms with E-state index < -0.39 is 0 Å². The van der Waals surface area contributed by atoms with Crippen LogP contribution in [0.2, 0.25) is 0 Å². The van der Waals surface area contributed by atoms with Crippen molar-refractivity contribution in [2.45, 2.75) is 44.6 Å². The number of rotatable bonds is 3. The third kappa shape index (κ3) is 1.69. The first-order valence-corrected chi connectivity index (χ1v) is 5.89. The highest BCUT2D eigenvalue weighted by atomic mass is 16.5. The topological polar surface area (TPSA) is 68.2 Å². The van der Waals surface area contributed by atoms with E-state index in [0.29, 0.717) is 11.8 Å². The summed E-state index contributed by atoms with van der Waals surface area (Å²) in [4.78, 5) is 6.41. The molecule has 0 aromatic carbocycles. The van der Waals surface area contributed by atoms with Crippen LogP contribution in [-0.4, -0.2) is 29.8 Å². The van der Waals surface area contributed by atoms with Gasteiger partial charge in [-0.15, -0.1) is 0 Å². The number of nitrogens with zero attached hydrogens (tertiary/aromatic N) is 3. The average molecular weight is 224 g/mol. The SMILES string of the molecule is CCN(C)c1noc(C2(C)CCCC2N)n1. The van der Waals surface area contributed by atoms with Crippen LogP contribution in [0, 0.1) is 0 Å². The van der Waals surface area contributed by atoms with Crippen molar-refractivity contribution in [3.8, 4) is 0 Å². The fourth-order valence-corrected chi connectivity index (χ4v) is 2.20. The molecule has 0 spiro atoms. The van der Waals surface area contributed by atoms with E-state index in [-0.39, 0.29) is 11.5 Å². The Hall–Kier alpha value is -1.10. The number of nitrogens with two attached hydrogens (primary N) is 1. The van der Waals surface area contributed by atoms with Gasteiger partial charge < -0.3 is 15.2 Å². The van der Waals surface area contributed by atoms with Crippen LogP contribution >= 0.6 is 0 Å². The highest BCUT2D eigenvalue weighted by Crippen LogP contribution is 2.39. The summed E-state index contributed by atoms with van der Waals surface area (Å²) < 4.78 is 5.36. The van der Waals surface area contributed by atoms with Gasteiger partial charge in [-0.25, -0.2) is 0 Å². The van der Waals surface area contributed by atoms with Crippen molar-refractivity contribution in [3.63, 3.8) is 0 Å². The van der Waals surface area contributed by atoms with Gasteiger partial charge >= 0.3 is 0 Å². The van der Waals surface area contributed by atoms with Crippen molar-refractivity contribution in [1.82, 2.24) is 10.1 Å². The lowest BCUT2D eigenvalue weighted by molar-refractivity contribution is 0.277. The molecule has 5 heteroatoms. The van der Waals surface area contributed by atoms with Gasteiger partial charge in [0.15, 0.2) is 0 Å². The standard InChI is InChI=1S/C11H20N4O/c1-4-15(3)10-13-9(16-14-10)11(2)7-5-6-8(11)12/h8H,4-7,12H2,1-3H3. The zero-order valence-corrected chi connectivity index (χ0v) is 10.2. The van der Waals surface area contributed by atoms with Gasteiger partial charge in [-0.2, -0.15) is 4.98 Å². The molecule has 90 valence electrons. The molecule has 0 aliphatic heterocycles. The van der Waals surface area contributed by atoms with Gasteiger partial charge in [0, 0.05) is 19.6 Å². The molecule has 2 N–H and O–H groups in total. The largest absolute Gasteiger partial charge is 0.342 e. The molecule has 0 bridgehead atoms. The molecule has 1 aromatic rings. The lowest BCUT2D eigenvalue weighted by atomic mass is 9.85. The van der Waals surface area contributed by atoms with Crippen molar-refractivity contribution >= 4 is 5.95 Å². The second-order valence-corrected chi connectivity index (χ2v) is 4.83. The van der Waals surface area contributed by atoms with Gasteiger partial charge in [-0.1, -0.05) is 6.42 Å². The van der Waals surface area contributed by atoms with Crippen molar-refractivity contribution in [2.75, 3.05) is 18.5 Å². The summed E-state index contributed by atoms with van der Waals surface area (Å²) in [5.74, 6) is 1.34. The minimum Gasteiger partial charge on any atom is -0.342 e. The molecule has 1 fully saturated rings. The molecule has 1 heterocycles. The van der Waals surface area contributed by atoms with Gasteiger partial charge in [0.25, 0.3) is 5.95 Å². The molecular formula is C11H20N4O. The van der Waals surface area contributed by atoms with Crippen molar-refractivity contribution in [1.29, 1.82) is 0 Å². The molecule has 0 saturated heterocycles. The third-order valence-electron chi connectivity index (χ3n) is 3.75. The van der Waals surface area contributed by atoms with Crippen LogP contribution in [0.25, 0.3) is 0 Å². The number of anilines is 1. The Balaban J connectivity index is 2.24. The quantitative estimate of drug-likeness (QED) is 0.838. The predicted octanol–water partition coefficient (Wildman–Crippen LogP) is 1.29. The summed E-state index contributed by atoms with van der Waals surface area (Å²) in [5, 5.41) is 4.00. The second-order valence-electron chi connectivity index (χ2n) is 4.83. The Bertz CT molecular complexity index is 365. The summed E-state index contributed by atoms with van der Waals surface area (Å²) in [6.45, 7) is 5.04. The zero-order valence-electron chi connectivity index (χ0n) is 10.2. The molecule has 1 saturated carbocycles. The van der Waals surface area contributed by atoms with Crippen LogP contribution in [0.5, 0.6) is 0 Å². The Morgan fingerprint density at radius 1 is 1.62 bits per heavy atom. The molecule has 1 aliphatic rings. The summed E-state index contributed by atoms with van der Waals surface area (Å²) in [5.41, 5.74) is 5.98. The van der Waals surface area contributed by atoms with Crippen LogP contribution in [0.15, 0.2) is 4.52 Å². The zero-order chi connectivity index (χ0) is 11.8. The molecule has 0 radical (unpaired) electrons. The maximum absolute atomic E-state index is 6.12. The Kier molecular flexibility index (Phi) is 2.88. The number of aromatic nitrogens is 2. The van der Waals surface area contributed by atoms with Crippen molar-refractivity contribution in [3.05, 3.63) is 5.89 Å². The Morgan fingerprint density at radius 2 is 2.38 bits per heavy atom. The highest BCUT2D eigenvalue weighted by Gasteiger charge is 2.42. The molecule has 2 rings (SSSR count). The monoisotopic (exact) mass is 224 g/mol. The van der Waals surface area contributed by atoms with Crippen LogP contribution in [0.1, 0.15) is 39.0 Å². The maximum atomic E-state index is 6.12. The molecular weight excluding hydrogens is 204 g/mol. The van der Waals surface area contributed by atoms with Gasteiger partial charge in [-0.3, -0.25) is 0 Å². The fourth-order valence-electron chi connectivity index (χ4n) is 2.20. The predicted molar refractivity (Wildman–Crippen MR) is 62.4 cm³/mol. The van der Waals surface area contributed by atoms with E-state index >= 15 is 0 Å². The first-order chi connectivity index (χ1) is 7.58. The van der Waals surface area contributed by atoms with E-state index in [1.54, 1.807) is 0 Å². The minimum absolute atomic E-state index is 0.132. The van der Waals surface area contributed by atoms with E-state index in [9.17, 15) is 0 Å². The highest BCUT2D eigenvalue weighted by molar-refractivity contribution is 5.27. The lowest BCUT2D eigenvalue weighted by Crippen LogP contribution is -2.38. The van der Waals surface area contributed by atoms with Gasteiger partial charge in [0.05, 0.1) is 5.41 Å². The summed E-state index contributed by atoms with van der Waals surface area (Å²) >= 11 is 0. The van der Waals surface area contributed by atoms with E-state index in [0.717, 1.165) is 25.8 Å². The first kappa shape index (κ1) is 11.4. The van der Waals surface area contributed by atoms with E-state index in [4.69, 9.17) is 10.3 Å². The molecule has 1 aromatic heterocycles. The number of hydrogen-bond acceptors (Lipinski definition) is 5. The van der Waals surface area contributed by atoms with Crippen LogP contribution in [0.3, 0.4) is 0 Å². The second kappa shape index (κ2) is 4.05. The Morgan fingerprint density at radius 3 is 2.94 bits per heavy atom. The van der Waals surface area contributed by atoms with Crippen molar-refractivity contribution < 1.29 is 4.52 Å². The molecule has 16 heavy (non-hydrogen) atoms. The normalized spacial score (nSPS) is 29.6. The summed E-state index contributed by atoms with van der Waals surface area (Å²) in [6, 6.07) is 0.132. The maximum Gasteiger partial charge on any atom is 0.265 e. The lowest BCUT2D eigenvalue weighted by Gasteiger charge is -2.23. The fraction of sp³-hybridized carbons (Fsp3) is 0.818. The molecule has 2 atom stereocenters. The van der Waals surface area contributed by atoms with Gasteiger partial charge in [0.2, 0.25) is 5.89 Å². The van der Waals surface area contributed by atoms with Crippen LogP contribution < -0.4 is 10.6 Å². The minimum atomic E-state index is -0.139. The summed E-state index contributed by atoms with van der Waals surface area (Å²) in [7, 11) is 1.95. The molecule has 1 aliphatic carbocycles. The molecule has 5 nitrogen and oxygen atoms in total. The van der Waals surface area contributed by atoms with E-state index in [1.807, 2.05) is 11.9 Å². The average Bonchev–Trinajstić information content (AvgIpc) is 2.87. The van der Waals surface area contributed by atoms with Gasteiger partial charge in [0.1, 0.15) is 0 Å². The van der Waals surface area contributed by atoms with E-state index in [1.165, 1.54) is 0 Å². The van der Waals surface area contributed by atoms with Crippen LogP contribution in [0.4, 0.5) is 5.95 Å². The van der Waals surface area contributed by atoms with Crippen molar-refractivity contribution in [2.24, 2.45) is 5.73 Å². The van der Waals surface area contributed by atoms with Crippen LogP contribution in [-0.2, 0) is 5.41 Å². The smallest absolute Gasteiger partial charge is 0.265 e. The molecule has 2 unspecified atom stereocenters. The Labute approximate surface area is 96.0 Å². The third-order valence-corrected chi connectivity index (χ3v) is 3.75. The summed E-state index contributed by atoms with van der Waals surface area (Å²) in [6.07, 6.45) is 3.21. The van der Waals surface area contributed by atoms with Gasteiger partial charge in [-0.05, 0) is 31.8 Å². The number of hydrogen-bond donors (Lipinski definition) is 1.